The Morgan fingerprint density at radius 1 is 1.17 bits per heavy atom. The van der Waals surface area contributed by atoms with Crippen LogP contribution in [-0.2, 0) is 0 Å². The summed E-state index contributed by atoms with van der Waals surface area (Å²) in [6.07, 6.45) is 0. The maximum absolute atomic E-state index is 8.34. The molecule has 0 amide bonds. The van der Waals surface area contributed by atoms with Crippen molar-refractivity contribution < 1.29 is 15.3 Å². The van der Waals surface area contributed by atoms with Gasteiger partial charge in [0.05, 0.1) is 25.4 Å². The Kier molecular flexibility index (Phi) is 9.51. The Hall–Kier alpha value is 0.150. The van der Waals surface area contributed by atoms with Crippen LogP contribution in [0, 0.1) is 0 Å². The molecule has 0 aliphatic rings. The van der Waals surface area contributed by atoms with Gasteiger partial charge in [0, 0.05) is 0 Å². The van der Waals surface area contributed by atoms with Crippen molar-refractivity contribution in [2.24, 2.45) is 5.73 Å². The molecule has 0 unspecified atom stereocenters. The molecule has 5 N–H and O–H groups in total. The molecule has 0 bridgehead atoms. The molecule has 0 aromatic heterocycles. The molecule has 0 rings (SSSR count). The molecule has 0 aromatic carbocycles. The maximum atomic E-state index is 8.34. The smallest absolute Gasteiger partial charge is 0.0856 e. The van der Waals surface area contributed by atoms with Crippen LogP contribution >= 0.6 is 12.8 Å². The zero-order chi connectivity index (χ0) is 10.2. The van der Waals surface area contributed by atoms with E-state index in [4.69, 9.17) is 21.1 Å². The summed E-state index contributed by atoms with van der Waals surface area (Å²) in [6.45, 7) is -1.21. The summed E-state index contributed by atoms with van der Waals surface area (Å²) < 4.78 is 1.69. The molecule has 5 nitrogen and oxygen atoms in total. The number of hydrogen-bond acceptors (Lipinski definition) is 6. The number of thiol groups is 1. The van der Waals surface area contributed by atoms with Crippen LogP contribution in [0.3, 0.4) is 0 Å². The summed E-state index contributed by atoms with van der Waals surface area (Å²) in [7, 11) is 3.73. The minimum atomic E-state index is -1.21. The third-order valence-electron chi connectivity index (χ3n) is 0.945. The highest BCUT2D eigenvalue weighted by Gasteiger charge is 2.20. The lowest BCUT2D eigenvalue weighted by atomic mass is 10.1. The zero-order valence-corrected chi connectivity index (χ0v) is 8.33. The van der Waals surface area contributed by atoms with Gasteiger partial charge in [0.1, 0.15) is 0 Å². The molecule has 0 aliphatic carbocycles. The number of aliphatic hydroxyl groups excluding tert-OH is 3. The second kappa shape index (κ2) is 7.78. The fraction of sp³-hybridized carbons (Fsp3) is 1.00. The summed E-state index contributed by atoms with van der Waals surface area (Å²) >= 11 is 3.80. The largest absolute Gasteiger partial charge is 0.394 e. The highest BCUT2D eigenvalue weighted by atomic mass is 32.1. The minimum Gasteiger partial charge on any atom is -0.394 e. The normalized spacial score (nSPS) is 11.0. The van der Waals surface area contributed by atoms with Gasteiger partial charge in [-0.25, -0.2) is 0 Å². The number of rotatable bonds is 3. The van der Waals surface area contributed by atoms with E-state index in [-0.39, 0.29) is 0 Å². The summed E-state index contributed by atoms with van der Waals surface area (Å²) in [4.78, 5) is 0. The minimum absolute atomic E-state index is 0.403. The maximum Gasteiger partial charge on any atom is 0.0856 e. The lowest BCUT2D eigenvalue weighted by Crippen LogP contribution is -2.50. The van der Waals surface area contributed by atoms with E-state index >= 15 is 0 Å². The van der Waals surface area contributed by atoms with Crippen molar-refractivity contribution in [2.45, 2.75) is 5.54 Å². The van der Waals surface area contributed by atoms with Crippen LogP contribution in [-0.4, -0.2) is 59.1 Å². The first-order chi connectivity index (χ1) is 5.41. The number of nitrogens with zero attached hydrogens (tertiary/aromatic N) is 1. The Labute approximate surface area is 78.3 Å². The quantitative estimate of drug-likeness (QED) is 0.340. The molecule has 6 heteroatoms. The predicted molar refractivity (Wildman–Crippen MR) is 50.8 cm³/mol. The van der Waals surface area contributed by atoms with E-state index in [1.807, 2.05) is 14.1 Å². The van der Waals surface area contributed by atoms with E-state index in [1.54, 1.807) is 4.31 Å². The predicted octanol–water partition coefficient (Wildman–Crippen LogP) is -1.95. The Balaban J connectivity index is 0. The van der Waals surface area contributed by atoms with Gasteiger partial charge >= 0.3 is 0 Å². The molecular formula is C6H18N2O3S. The van der Waals surface area contributed by atoms with E-state index in [0.717, 1.165) is 0 Å². The lowest BCUT2D eigenvalue weighted by Gasteiger charge is -2.20. The highest BCUT2D eigenvalue weighted by molar-refractivity contribution is 7.77. The van der Waals surface area contributed by atoms with Gasteiger partial charge in [0.2, 0.25) is 0 Å². The third-order valence-corrected chi connectivity index (χ3v) is 0.945. The van der Waals surface area contributed by atoms with Crippen molar-refractivity contribution >= 4 is 12.8 Å². The molecule has 0 aliphatic heterocycles. The van der Waals surface area contributed by atoms with E-state index in [2.05, 4.69) is 12.8 Å². The first-order valence-corrected chi connectivity index (χ1v) is 3.79. The Bertz CT molecular complexity index is 87.8. The van der Waals surface area contributed by atoms with Crippen molar-refractivity contribution in [2.75, 3.05) is 33.9 Å². The highest BCUT2D eigenvalue weighted by Crippen LogP contribution is 1.93. The van der Waals surface area contributed by atoms with Gasteiger partial charge < -0.3 is 21.1 Å². The molecule has 0 atom stereocenters. The molecule has 0 radical (unpaired) electrons. The van der Waals surface area contributed by atoms with Crippen LogP contribution < -0.4 is 5.73 Å². The second-order valence-corrected chi connectivity index (χ2v) is 3.48. The number of hydrogen-bond donors (Lipinski definition) is 5. The van der Waals surface area contributed by atoms with Gasteiger partial charge in [0.15, 0.2) is 0 Å². The second-order valence-electron chi connectivity index (χ2n) is 2.68. The van der Waals surface area contributed by atoms with E-state index in [9.17, 15) is 0 Å². The van der Waals surface area contributed by atoms with Gasteiger partial charge in [-0.3, -0.25) is 4.31 Å². The van der Waals surface area contributed by atoms with Crippen LogP contribution in [0.5, 0.6) is 0 Å². The molecule has 0 spiro atoms. The molecule has 0 fully saturated rings. The molecular weight excluding hydrogens is 180 g/mol. The standard InChI is InChI=1S/C4H11NO3.C2H7NS/c5-4(1-6,2-7)3-8;1-3(2)4/h6-8H,1-3,5H2;4H,1-2H3. The van der Waals surface area contributed by atoms with Crippen LogP contribution in [0.1, 0.15) is 0 Å². The fourth-order valence-corrected chi connectivity index (χ4v) is 0.150. The van der Waals surface area contributed by atoms with Crippen molar-refractivity contribution in [3.8, 4) is 0 Å². The third kappa shape index (κ3) is 10.2. The molecule has 0 saturated heterocycles. The van der Waals surface area contributed by atoms with Crippen molar-refractivity contribution in [1.82, 2.24) is 4.31 Å². The Morgan fingerprint density at radius 2 is 1.33 bits per heavy atom. The van der Waals surface area contributed by atoms with Crippen molar-refractivity contribution in [3.63, 3.8) is 0 Å². The van der Waals surface area contributed by atoms with Crippen LogP contribution in [0.4, 0.5) is 0 Å². The lowest BCUT2D eigenvalue weighted by molar-refractivity contribution is 0.0698. The van der Waals surface area contributed by atoms with E-state index in [1.165, 1.54) is 0 Å². The van der Waals surface area contributed by atoms with Gasteiger partial charge in [-0.1, -0.05) is 12.8 Å². The number of aliphatic hydroxyl groups is 3. The monoisotopic (exact) mass is 198 g/mol. The molecule has 0 heterocycles. The molecule has 0 aromatic rings. The van der Waals surface area contributed by atoms with Crippen molar-refractivity contribution in [3.05, 3.63) is 0 Å². The summed E-state index contributed by atoms with van der Waals surface area (Å²) in [6, 6.07) is 0. The van der Waals surface area contributed by atoms with Gasteiger partial charge in [0.25, 0.3) is 0 Å². The van der Waals surface area contributed by atoms with Crippen LogP contribution in [0.2, 0.25) is 0 Å². The SMILES string of the molecule is CN(C)S.NC(CO)(CO)CO. The van der Waals surface area contributed by atoms with Crippen LogP contribution in [0.15, 0.2) is 0 Å². The van der Waals surface area contributed by atoms with E-state index in [0.29, 0.717) is 0 Å². The number of nitrogens with two attached hydrogens (primary N) is 1. The first kappa shape index (κ1) is 14.7. The molecule has 76 valence electrons. The van der Waals surface area contributed by atoms with Crippen molar-refractivity contribution in [1.29, 1.82) is 0 Å². The zero-order valence-electron chi connectivity index (χ0n) is 7.43. The Morgan fingerprint density at radius 3 is 1.33 bits per heavy atom. The average molecular weight is 198 g/mol. The van der Waals surface area contributed by atoms with Crippen LogP contribution in [0.25, 0.3) is 0 Å². The van der Waals surface area contributed by atoms with Gasteiger partial charge in [-0.05, 0) is 14.1 Å². The van der Waals surface area contributed by atoms with Gasteiger partial charge in [-0.15, -0.1) is 0 Å². The van der Waals surface area contributed by atoms with Gasteiger partial charge in [-0.2, -0.15) is 0 Å². The van der Waals surface area contributed by atoms with E-state index < -0.39 is 25.4 Å². The fourth-order valence-electron chi connectivity index (χ4n) is 0.150. The molecule has 12 heavy (non-hydrogen) atoms. The topological polar surface area (TPSA) is 90.0 Å². The average Bonchev–Trinajstić information content (AvgIpc) is 2.02. The first-order valence-electron chi connectivity index (χ1n) is 3.39. The molecule has 0 saturated carbocycles. The summed E-state index contributed by atoms with van der Waals surface area (Å²) in [5, 5.41) is 25.0. The summed E-state index contributed by atoms with van der Waals surface area (Å²) in [5.41, 5.74) is 3.94. The summed E-state index contributed by atoms with van der Waals surface area (Å²) in [5.74, 6) is 0.